The predicted octanol–water partition coefficient (Wildman–Crippen LogP) is 8.22. The van der Waals surface area contributed by atoms with E-state index in [1.54, 1.807) is 18.9 Å². The summed E-state index contributed by atoms with van der Waals surface area (Å²) < 4.78 is 29.7. The van der Waals surface area contributed by atoms with Crippen molar-refractivity contribution in [2.24, 2.45) is 0 Å². The van der Waals surface area contributed by atoms with Gasteiger partial charge in [-0.2, -0.15) is 0 Å². The van der Waals surface area contributed by atoms with Crippen LogP contribution in [-0.2, 0) is 28.5 Å². The highest BCUT2D eigenvalue weighted by molar-refractivity contribution is 5.90. The monoisotopic (exact) mass is 632 g/mol. The van der Waals surface area contributed by atoms with Crippen LogP contribution in [0.15, 0.2) is 30.3 Å². The largest absolute Gasteiger partial charge is 0.466 e. The molecule has 0 saturated carbocycles. The Bertz CT molecular complexity index is 975. The molecule has 0 radical (unpaired) electrons. The highest BCUT2D eigenvalue weighted by Gasteiger charge is 2.58. The number of ether oxygens (including phenoxy) is 5. The fraction of sp³-hybridized carbons (Fsp3) is 0.778. The molecule has 0 bridgehead atoms. The normalized spacial score (nSPS) is 22.6. The van der Waals surface area contributed by atoms with Gasteiger partial charge < -0.3 is 33.9 Å². The first-order valence-corrected chi connectivity index (χ1v) is 17.6. The van der Waals surface area contributed by atoms with Gasteiger partial charge in [0.25, 0.3) is 0 Å². The minimum absolute atomic E-state index is 0.0258. The van der Waals surface area contributed by atoms with Crippen molar-refractivity contribution < 1.29 is 33.3 Å². The van der Waals surface area contributed by atoms with Gasteiger partial charge >= 0.3 is 12.0 Å². The summed E-state index contributed by atoms with van der Waals surface area (Å²) in [6.07, 6.45) is 15.2. The Balaban J connectivity index is 1.59. The second-order valence-electron chi connectivity index (χ2n) is 12.9. The van der Waals surface area contributed by atoms with E-state index in [0.29, 0.717) is 12.2 Å². The van der Waals surface area contributed by atoms with Gasteiger partial charge in [0.1, 0.15) is 18.3 Å². The van der Waals surface area contributed by atoms with Crippen LogP contribution in [0.1, 0.15) is 124 Å². The number of unbranched alkanes of at least 4 members (excludes halogenated alkanes) is 13. The van der Waals surface area contributed by atoms with Gasteiger partial charge in [-0.05, 0) is 39.3 Å². The van der Waals surface area contributed by atoms with Crippen LogP contribution in [0.3, 0.4) is 0 Å². The second-order valence-corrected chi connectivity index (χ2v) is 12.9. The third-order valence-electron chi connectivity index (χ3n) is 8.80. The lowest BCUT2D eigenvalue weighted by Crippen LogP contribution is -2.54. The third-order valence-corrected chi connectivity index (χ3v) is 8.80. The van der Waals surface area contributed by atoms with Gasteiger partial charge in [-0.3, -0.25) is 4.79 Å². The van der Waals surface area contributed by atoms with Crippen LogP contribution in [-0.4, -0.2) is 73.6 Å². The van der Waals surface area contributed by atoms with Crippen LogP contribution in [0.25, 0.3) is 0 Å². The molecule has 1 aromatic rings. The number of urea groups is 1. The number of fused-ring (bicyclic) bond motifs is 1. The van der Waals surface area contributed by atoms with Gasteiger partial charge in [-0.25, -0.2) is 4.79 Å². The number of methoxy groups -OCH3 is 1. The zero-order valence-electron chi connectivity index (χ0n) is 28.6. The number of benzene rings is 1. The molecule has 2 aliphatic heterocycles. The first kappa shape index (κ1) is 37.3. The third kappa shape index (κ3) is 12.5. The van der Waals surface area contributed by atoms with E-state index in [-0.39, 0.29) is 19.1 Å². The molecule has 1 N–H and O–H groups in total. The molecule has 2 aliphatic rings. The van der Waals surface area contributed by atoms with E-state index in [9.17, 15) is 9.59 Å². The maximum absolute atomic E-state index is 13.9. The molecule has 5 atom stereocenters. The summed E-state index contributed by atoms with van der Waals surface area (Å²) in [6.45, 7) is 8.44. The molecule has 0 aliphatic carbocycles. The highest BCUT2D eigenvalue weighted by atomic mass is 16.8. The number of nitrogens with zero attached hydrogens (tertiary/aromatic N) is 1. The summed E-state index contributed by atoms with van der Waals surface area (Å²) >= 11 is 0. The van der Waals surface area contributed by atoms with Crippen LogP contribution >= 0.6 is 0 Å². The first-order valence-electron chi connectivity index (χ1n) is 17.6. The maximum atomic E-state index is 13.9. The zero-order chi connectivity index (χ0) is 32.5. The molecule has 1 aromatic carbocycles. The molecule has 9 nitrogen and oxygen atoms in total. The van der Waals surface area contributed by atoms with Crippen LogP contribution in [0.4, 0.5) is 10.5 Å². The van der Waals surface area contributed by atoms with Crippen molar-refractivity contribution in [3.05, 3.63) is 30.3 Å². The Labute approximate surface area is 272 Å². The lowest BCUT2D eigenvalue weighted by atomic mass is 9.98. The molecule has 2 saturated heterocycles. The van der Waals surface area contributed by atoms with Crippen molar-refractivity contribution in [1.82, 2.24) is 4.90 Å². The lowest BCUT2D eigenvalue weighted by molar-refractivity contribution is -0.223. The molecule has 9 heteroatoms. The molecule has 2 fully saturated rings. The Morgan fingerprint density at radius 2 is 1.44 bits per heavy atom. The number of carbonyl (C=O) groups excluding carboxylic acids is 2. The lowest BCUT2D eigenvalue weighted by Gasteiger charge is -2.37. The van der Waals surface area contributed by atoms with Gasteiger partial charge in [-0.1, -0.05) is 109 Å². The summed E-state index contributed by atoms with van der Waals surface area (Å²) in [6, 6.07) is 8.43. The summed E-state index contributed by atoms with van der Waals surface area (Å²) in [5, 5.41) is 3.02. The van der Waals surface area contributed by atoms with E-state index < -0.39 is 42.4 Å². The number of anilines is 1. The quantitative estimate of drug-likeness (QED) is 0.102. The molecule has 256 valence electrons. The van der Waals surface area contributed by atoms with Crippen molar-refractivity contribution >= 4 is 17.7 Å². The minimum atomic E-state index is -0.813. The van der Waals surface area contributed by atoms with Gasteiger partial charge in [0.05, 0.1) is 19.1 Å². The van der Waals surface area contributed by atoms with E-state index in [2.05, 4.69) is 12.2 Å². The fourth-order valence-electron chi connectivity index (χ4n) is 6.49. The maximum Gasteiger partial charge on any atom is 0.322 e. The number of nitrogens with one attached hydrogen (secondary N) is 1. The van der Waals surface area contributed by atoms with E-state index >= 15 is 0 Å². The van der Waals surface area contributed by atoms with Crippen molar-refractivity contribution in [3.63, 3.8) is 0 Å². The van der Waals surface area contributed by atoms with E-state index in [4.69, 9.17) is 23.7 Å². The Morgan fingerprint density at radius 1 is 0.867 bits per heavy atom. The number of hydrogen-bond acceptors (Lipinski definition) is 7. The highest BCUT2D eigenvalue weighted by Crippen LogP contribution is 2.41. The van der Waals surface area contributed by atoms with E-state index in [0.717, 1.165) is 19.3 Å². The minimum Gasteiger partial charge on any atom is -0.466 e. The van der Waals surface area contributed by atoms with Crippen molar-refractivity contribution in [3.8, 4) is 0 Å². The topological polar surface area (TPSA) is 95.6 Å². The Hall–Kier alpha value is -2.20. The molecule has 1 unspecified atom stereocenters. The van der Waals surface area contributed by atoms with Crippen LogP contribution in [0, 0.1) is 0 Å². The van der Waals surface area contributed by atoms with Gasteiger partial charge in [-0.15, -0.1) is 0 Å². The zero-order valence-corrected chi connectivity index (χ0v) is 28.6. The van der Waals surface area contributed by atoms with Crippen LogP contribution in [0.5, 0.6) is 0 Å². The molecule has 45 heavy (non-hydrogen) atoms. The standard InChI is InChI=1S/C36H60N2O7/c1-6-8-9-10-11-12-13-14-15-16-17-18-19-23-26-38(35(40)37-28-24-21-20-22-25-28)29(27-30(39)42-7-2)31-32(41-5)33-34(43-31)45-36(3,4)44-33/h20-22,24-25,29,31-34H,6-19,23,26-27H2,1-5H3,(H,37,40)/t29?,31-,32-,33+,34+/m0/s1. The summed E-state index contributed by atoms with van der Waals surface area (Å²) in [5.74, 6) is -1.20. The molecule has 2 amide bonds. The van der Waals surface area contributed by atoms with Crippen LogP contribution in [0.2, 0.25) is 0 Å². The Morgan fingerprint density at radius 3 is 2.00 bits per heavy atom. The van der Waals surface area contributed by atoms with E-state index in [1.165, 1.54) is 70.6 Å². The number of esters is 1. The van der Waals surface area contributed by atoms with E-state index in [1.807, 2.05) is 44.2 Å². The van der Waals surface area contributed by atoms with Crippen molar-refractivity contribution in [1.29, 1.82) is 0 Å². The molecular weight excluding hydrogens is 572 g/mol. The SMILES string of the molecule is CCCCCCCCCCCCCCCCN(C(=O)Nc1ccccc1)C(CC(=O)OCC)[C@@H]1O[C@@H]2OC(C)(C)O[C@@H]2[C@H]1OC. The fourth-order valence-corrected chi connectivity index (χ4v) is 6.49. The van der Waals surface area contributed by atoms with Gasteiger partial charge in [0.2, 0.25) is 0 Å². The molecule has 0 aromatic heterocycles. The number of rotatable bonds is 22. The smallest absolute Gasteiger partial charge is 0.322 e. The number of amides is 2. The van der Waals surface area contributed by atoms with Gasteiger partial charge in [0, 0.05) is 19.3 Å². The summed E-state index contributed by atoms with van der Waals surface area (Å²) in [4.78, 5) is 28.5. The molecular formula is C36H60N2O7. The number of hydrogen-bond donors (Lipinski definition) is 1. The van der Waals surface area contributed by atoms with Crippen molar-refractivity contribution in [2.45, 2.75) is 160 Å². The summed E-state index contributed by atoms with van der Waals surface area (Å²) in [5.41, 5.74) is 0.685. The molecule has 3 rings (SSSR count). The van der Waals surface area contributed by atoms with Crippen molar-refractivity contribution in [2.75, 3.05) is 25.6 Å². The second kappa shape index (κ2) is 20.1. The number of carbonyl (C=O) groups is 2. The Kier molecular flexibility index (Phi) is 16.7. The number of para-hydroxylation sites is 1. The average molecular weight is 633 g/mol. The molecule has 2 heterocycles. The van der Waals surface area contributed by atoms with Gasteiger partial charge in [0.15, 0.2) is 12.1 Å². The molecule has 0 spiro atoms. The summed E-state index contributed by atoms with van der Waals surface area (Å²) in [7, 11) is 1.60. The first-order chi connectivity index (χ1) is 21.8. The van der Waals surface area contributed by atoms with Crippen LogP contribution < -0.4 is 5.32 Å². The predicted molar refractivity (Wildman–Crippen MR) is 177 cm³/mol. The average Bonchev–Trinajstić information content (AvgIpc) is 3.49.